The molecule has 0 aliphatic carbocycles. The summed E-state index contributed by atoms with van der Waals surface area (Å²) in [6.07, 6.45) is 5.66. The molecule has 2 heterocycles. The molecule has 109 valence electrons. The van der Waals surface area contributed by atoms with E-state index in [4.69, 9.17) is 23.2 Å². The molecule has 0 unspecified atom stereocenters. The van der Waals surface area contributed by atoms with Crippen molar-refractivity contribution in [1.82, 2.24) is 9.97 Å². The minimum Gasteiger partial charge on any atom is -0.261 e. The lowest BCUT2D eigenvalue weighted by Gasteiger charge is -2.16. The molecule has 0 atom stereocenters. The second-order valence-electron chi connectivity index (χ2n) is 4.83. The van der Waals surface area contributed by atoms with E-state index in [1.807, 2.05) is 48.5 Å². The third kappa shape index (κ3) is 3.46. The van der Waals surface area contributed by atoms with Crippen molar-refractivity contribution >= 4 is 23.2 Å². The van der Waals surface area contributed by atoms with Gasteiger partial charge in [-0.25, -0.2) is 0 Å². The Hall–Kier alpha value is -1.90. The van der Waals surface area contributed by atoms with E-state index in [0.29, 0.717) is 10.0 Å². The fraction of sp³-hybridized carbons (Fsp3) is 0.0556. The van der Waals surface area contributed by atoms with Crippen LogP contribution in [0.5, 0.6) is 0 Å². The molecule has 0 saturated carbocycles. The Bertz CT molecular complexity index is 706. The SMILES string of the molecule is Clc1ccc([CH]C(c2ccccn2)c2ccccn2)cc1Cl. The fourth-order valence-corrected chi connectivity index (χ4v) is 2.56. The predicted molar refractivity (Wildman–Crippen MR) is 90.2 cm³/mol. The first-order valence-corrected chi connectivity index (χ1v) is 7.61. The smallest absolute Gasteiger partial charge is 0.0595 e. The molecule has 2 aromatic heterocycles. The first-order valence-electron chi connectivity index (χ1n) is 6.86. The molecular weight excluding hydrogens is 315 g/mol. The second kappa shape index (κ2) is 6.91. The molecule has 1 aromatic carbocycles. The topological polar surface area (TPSA) is 25.8 Å². The highest BCUT2D eigenvalue weighted by Gasteiger charge is 2.18. The zero-order chi connectivity index (χ0) is 15.4. The first-order chi connectivity index (χ1) is 10.7. The van der Waals surface area contributed by atoms with Crippen molar-refractivity contribution in [1.29, 1.82) is 0 Å². The Kier molecular flexibility index (Phi) is 4.71. The number of benzene rings is 1. The average molecular weight is 328 g/mol. The normalized spacial score (nSPS) is 10.9. The highest BCUT2D eigenvalue weighted by atomic mass is 35.5. The molecule has 2 nitrogen and oxygen atoms in total. The van der Waals surface area contributed by atoms with E-state index in [1.54, 1.807) is 18.5 Å². The van der Waals surface area contributed by atoms with Crippen LogP contribution in [0, 0.1) is 6.42 Å². The quantitative estimate of drug-likeness (QED) is 0.660. The zero-order valence-corrected chi connectivity index (χ0v) is 13.2. The van der Waals surface area contributed by atoms with Crippen LogP contribution in [0.2, 0.25) is 10.0 Å². The monoisotopic (exact) mass is 327 g/mol. The Morgan fingerprint density at radius 3 is 1.91 bits per heavy atom. The van der Waals surface area contributed by atoms with Gasteiger partial charge in [-0.05, 0) is 42.0 Å². The number of hydrogen-bond donors (Lipinski definition) is 0. The number of hydrogen-bond acceptors (Lipinski definition) is 2. The van der Waals surface area contributed by atoms with Gasteiger partial charge in [-0.3, -0.25) is 9.97 Å². The van der Waals surface area contributed by atoms with Gasteiger partial charge in [0.2, 0.25) is 0 Å². The minimum atomic E-state index is -0.0420. The Morgan fingerprint density at radius 2 is 1.41 bits per heavy atom. The van der Waals surface area contributed by atoms with Crippen molar-refractivity contribution in [2.75, 3.05) is 0 Å². The molecule has 0 fully saturated rings. The van der Waals surface area contributed by atoms with Gasteiger partial charge in [-0.2, -0.15) is 0 Å². The van der Waals surface area contributed by atoms with Crippen LogP contribution in [0.3, 0.4) is 0 Å². The number of pyridine rings is 2. The minimum absolute atomic E-state index is 0.0420. The summed E-state index contributed by atoms with van der Waals surface area (Å²) in [5.74, 6) is -0.0420. The van der Waals surface area contributed by atoms with Crippen molar-refractivity contribution < 1.29 is 0 Å². The van der Waals surface area contributed by atoms with Crippen LogP contribution < -0.4 is 0 Å². The fourth-order valence-electron chi connectivity index (χ4n) is 2.25. The van der Waals surface area contributed by atoms with Gasteiger partial charge in [0.1, 0.15) is 0 Å². The van der Waals surface area contributed by atoms with Crippen LogP contribution in [0.4, 0.5) is 0 Å². The van der Waals surface area contributed by atoms with E-state index in [1.165, 1.54) is 0 Å². The molecule has 4 heteroatoms. The summed E-state index contributed by atoms with van der Waals surface area (Å²) in [6.45, 7) is 0. The molecule has 0 aliphatic heterocycles. The van der Waals surface area contributed by atoms with E-state index in [9.17, 15) is 0 Å². The van der Waals surface area contributed by atoms with Gasteiger partial charge in [0, 0.05) is 18.8 Å². The highest BCUT2D eigenvalue weighted by Crippen LogP contribution is 2.30. The summed E-state index contributed by atoms with van der Waals surface area (Å²) in [4.78, 5) is 8.92. The maximum Gasteiger partial charge on any atom is 0.0595 e. The molecule has 0 saturated heterocycles. The van der Waals surface area contributed by atoms with E-state index in [2.05, 4.69) is 16.4 Å². The Labute approximate surface area is 139 Å². The van der Waals surface area contributed by atoms with Crippen LogP contribution in [-0.2, 0) is 0 Å². The second-order valence-corrected chi connectivity index (χ2v) is 5.64. The third-order valence-electron chi connectivity index (χ3n) is 3.32. The van der Waals surface area contributed by atoms with Gasteiger partial charge in [0.25, 0.3) is 0 Å². The van der Waals surface area contributed by atoms with E-state index in [-0.39, 0.29) is 5.92 Å². The Morgan fingerprint density at radius 1 is 0.773 bits per heavy atom. The summed E-state index contributed by atoms with van der Waals surface area (Å²) in [5, 5.41) is 1.09. The van der Waals surface area contributed by atoms with Crippen LogP contribution in [-0.4, -0.2) is 9.97 Å². The summed E-state index contributed by atoms with van der Waals surface area (Å²) in [5.41, 5.74) is 2.86. The van der Waals surface area contributed by atoms with Gasteiger partial charge in [0.05, 0.1) is 27.4 Å². The van der Waals surface area contributed by atoms with Gasteiger partial charge in [-0.1, -0.05) is 41.4 Å². The van der Waals surface area contributed by atoms with E-state index >= 15 is 0 Å². The highest BCUT2D eigenvalue weighted by molar-refractivity contribution is 6.42. The number of aromatic nitrogens is 2. The van der Waals surface area contributed by atoms with Crippen LogP contribution in [0.15, 0.2) is 67.0 Å². The lowest BCUT2D eigenvalue weighted by atomic mass is 9.92. The summed E-state index contributed by atoms with van der Waals surface area (Å²) in [6, 6.07) is 17.3. The summed E-state index contributed by atoms with van der Waals surface area (Å²) >= 11 is 12.1. The third-order valence-corrected chi connectivity index (χ3v) is 4.05. The first kappa shape index (κ1) is 15.0. The van der Waals surface area contributed by atoms with E-state index < -0.39 is 0 Å². The maximum absolute atomic E-state index is 6.11. The van der Waals surface area contributed by atoms with Crippen molar-refractivity contribution in [3.8, 4) is 0 Å². The van der Waals surface area contributed by atoms with Crippen LogP contribution >= 0.6 is 23.2 Å². The van der Waals surface area contributed by atoms with Gasteiger partial charge >= 0.3 is 0 Å². The van der Waals surface area contributed by atoms with Gasteiger partial charge < -0.3 is 0 Å². The van der Waals surface area contributed by atoms with Crippen LogP contribution in [0.25, 0.3) is 0 Å². The lowest BCUT2D eigenvalue weighted by molar-refractivity contribution is 0.862. The molecule has 22 heavy (non-hydrogen) atoms. The van der Waals surface area contributed by atoms with Crippen molar-refractivity contribution in [3.05, 3.63) is 100 Å². The summed E-state index contributed by atoms with van der Waals surface area (Å²) in [7, 11) is 0. The van der Waals surface area contributed by atoms with Gasteiger partial charge in [-0.15, -0.1) is 0 Å². The number of halogens is 2. The standard InChI is InChI=1S/C18H13Cl2N2/c19-15-8-7-13(12-16(15)20)11-14(17-5-1-3-9-21-17)18-6-2-4-10-22-18/h1-12,14H. The molecule has 3 aromatic rings. The molecular formula is C18H13Cl2N2. The largest absolute Gasteiger partial charge is 0.261 e. The zero-order valence-electron chi connectivity index (χ0n) is 11.7. The number of nitrogens with zero attached hydrogens (tertiary/aromatic N) is 2. The molecule has 0 bridgehead atoms. The lowest BCUT2D eigenvalue weighted by Crippen LogP contribution is -2.07. The van der Waals surface area contributed by atoms with Crippen molar-refractivity contribution in [3.63, 3.8) is 0 Å². The number of rotatable bonds is 4. The molecule has 0 amide bonds. The maximum atomic E-state index is 6.11. The molecule has 3 rings (SSSR count). The Balaban J connectivity index is 1.97. The molecule has 0 aliphatic rings. The van der Waals surface area contributed by atoms with E-state index in [0.717, 1.165) is 17.0 Å². The van der Waals surface area contributed by atoms with Crippen molar-refractivity contribution in [2.24, 2.45) is 0 Å². The molecule has 0 spiro atoms. The predicted octanol–water partition coefficient (Wildman–Crippen LogP) is 5.17. The molecule has 1 radical (unpaired) electrons. The van der Waals surface area contributed by atoms with Crippen molar-refractivity contribution in [2.45, 2.75) is 5.92 Å². The summed E-state index contributed by atoms with van der Waals surface area (Å²) < 4.78 is 0. The molecule has 0 N–H and O–H groups in total. The average Bonchev–Trinajstić information content (AvgIpc) is 2.57. The van der Waals surface area contributed by atoms with Crippen LogP contribution in [0.1, 0.15) is 22.9 Å². The van der Waals surface area contributed by atoms with Gasteiger partial charge in [0.15, 0.2) is 0 Å².